The first kappa shape index (κ1) is 14.4. The van der Waals surface area contributed by atoms with Crippen LogP contribution in [0, 0.1) is 0 Å². The molecular formula is C11H17Cl2N3O. The molecule has 4 nitrogen and oxygen atoms in total. The summed E-state index contributed by atoms with van der Waals surface area (Å²) in [5.41, 5.74) is 0. The van der Waals surface area contributed by atoms with Crippen molar-refractivity contribution in [3.63, 3.8) is 0 Å². The van der Waals surface area contributed by atoms with Crippen LogP contribution < -0.4 is 10.6 Å². The molecule has 0 spiro atoms. The van der Waals surface area contributed by atoms with Gasteiger partial charge in [0, 0.05) is 19.7 Å². The fourth-order valence-electron chi connectivity index (χ4n) is 1.45. The van der Waals surface area contributed by atoms with Crippen LogP contribution in [-0.4, -0.2) is 29.8 Å². The molecule has 1 rings (SSSR count). The predicted molar refractivity (Wildman–Crippen MR) is 73.2 cm³/mol. The van der Waals surface area contributed by atoms with Gasteiger partial charge in [0.1, 0.15) is 11.6 Å². The highest BCUT2D eigenvalue weighted by atomic mass is 35.5. The van der Waals surface area contributed by atoms with E-state index >= 15 is 0 Å². The maximum atomic E-state index is 8.76. The molecule has 96 valence electrons. The fraction of sp³-hybridized carbons (Fsp3) is 0.545. The SMILES string of the molecule is CNc1nc(NC(C)CCCO)c(Cl)cc1Cl. The molecule has 3 N–H and O–H groups in total. The zero-order valence-corrected chi connectivity index (χ0v) is 11.4. The third-order valence-corrected chi connectivity index (χ3v) is 2.92. The van der Waals surface area contributed by atoms with Gasteiger partial charge in [-0.1, -0.05) is 23.2 Å². The lowest BCUT2D eigenvalue weighted by Crippen LogP contribution is -2.17. The Kier molecular flexibility index (Phi) is 5.82. The average Bonchev–Trinajstić information content (AvgIpc) is 2.30. The highest BCUT2D eigenvalue weighted by Gasteiger charge is 2.10. The third kappa shape index (κ3) is 4.22. The van der Waals surface area contributed by atoms with Crippen molar-refractivity contribution >= 4 is 34.8 Å². The van der Waals surface area contributed by atoms with Crippen LogP contribution in [0.3, 0.4) is 0 Å². The summed E-state index contributed by atoms with van der Waals surface area (Å²) in [5, 5.41) is 15.8. The lowest BCUT2D eigenvalue weighted by atomic mass is 10.2. The van der Waals surface area contributed by atoms with Crippen molar-refractivity contribution in [2.24, 2.45) is 0 Å². The van der Waals surface area contributed by atoms with Gasteiger partial charge in [-0.3, -0.25) is 0 Å². The van der Waals surface area contributed by atoms with Crippen molar-refractivity contribution in [3.05, 3.63) is 16.1 Å². The first-order valence-corrected chi connectivity index (χ1v) is 6.25. The van der Waals surface area contributed by atoms with Crippen LogP contribution in [-0.2, 0) is 0 Å². The van der Waals surface area contributed by atoms with Crippen molar-refractivity contribution in [1.82, 2.24) is 4.98 Å². The molecule has 0 aliphatic carbocycles. The fourth-order valence-corrected chi connectivity index (χ4v) is 1.95. The van der Waals surface area contributed by atoms with Crippen molar-refractivity contribution in [3.8, 4) is 0 Å². The van der Waals surface area contributed by atoms with Crippen LogP contribution in [0.4, 0.5) is 11.6 Å². The Morgan fingerprint density at radius 2 is 2.00 bits per heavy atom. The normalized spacial score (nSPS) is 12.3. The summed E-state index contributed by atoms with van der Waals surface area (Å²) in [5.74, 6) is 1.19. The number of aliphatic hydroxyl groups is 1. The van der Waals surface area contributed by atoms with Crippen molar-refractivity contribution in [2.75, 3.05) is 24.3 Å². The molecule has 0 saturated carbocycles. The Labute approximate surface area is 111 Å². The molecule has 0 fully saturated rings. The Morgan fingerprint density at radius 3 is 2.59 bits per heavy atom. The lowest BCUT2D eigenvalue weighted by Gasteiger charge is -2.16. The van der Waals surface area contributed by atoms with E-state index in [2.05, 4.69) is 15.6 Å². The maximum absolute atomic E-state index is 8.76. The molecule has 1 aromatic rings. The second kappa shape index (κ2) is 6.89. The minimum absolute atomic E-state index is 0.190. The Morgan fingerprint density at radius 1 is 1.35 bits per heavy atom. The highest BCUT2D eigenvalue weighted by Crippen LogP contribution is 2.29. The summed E-state index contributed by atoms with van der Waals surface area (Å²) in [4.78, 5) is 4.29. The molecule has 17 heavy (non-hydrogen) atoms. The summed E-state index contributed by atoms with van der Waals surface area (Å²) in [6.45, 7) is 2.21. The average molecular weight is 278 g/mol. The van der Waals surface area contributed by atoms with Crippen LogP contribution in [0.25, 0.3) is 0 Å². The monoisotopic (exact) mass is 277 g/mol. The molecule has 0 bridgehead atoms. The van der Waals surface area contributed by atoms with Crippen molar-refractivity contribution in [2.45, 2.75) is 25.8 Å². The zero-order valence-electron chi connectivity index (χ0n) is 9.93. The minimum Gasteiger partial charge on any atom is -0.396 e. The molecule has 1 unspecified atom stereocenters. The van der Waals surface area contributed by atoms with Crippen molar-refractivity contribution < 1.29 is 5.11 Å². The van der Waals surface area contributed by atoms with E-state index in [-0.39, 0.29) is 12.6 Å². The van der Waals surface area contributed by atoms with Gasteiger partial charge in [-0.2, -0.15) is 0 Å². The number of aliphatic hydroxyl groups excluding tert-OH is 1. The summed E-state index contributed by atoms with van der Waals surface area (Å²) < 4.78 is 0. The Balaban J connectivity index is 2.76. The van der Waals surface area contributed by atoms with Gasteiger partial charge in [-0.25, -0.2) is 4.98 Å². The lowest BCUT2D eigenvalue weighted by molar-refractivity contribution is 0.282. The number of halogens is 2. The first-order chi connectivity index (χ1) is 8.08. The molecular weight excluding hydrogens is 261 g/mol. The van der Waals surface area contributed by atoms with E-state index < -0.39 is 0 Å². The molecule has 0 aliphatic heterocycles. The van der Waals surface area contributed by atoms with Gasteiger partial charge in [0.05, 0.1) is 10.0 Å². The molecule has 1 heterocycles. The van der Waals surface area contributed by atoms with Gasteiger partial charge in [0.25, 0.3) is 0 Å². The van der Waals surface area contributed by atoms with Gasteiger partial charge < -0.3 is 15.7 Å². The molecule has 0 aromatic carbocycles. The summed E-state index contributed by atoms with van der Waals surface area (Å²) in [6.07, 6.45) is 1.60. The van der Waals surface area contributed by atoms with Crippen LogP contribution in [0.15, 0.2) is 6.07 Å². The largest absolute Gasteiger partial charge is 0.396 e. The van der Waals surface area contributed by atoms with Gasteiger partial charge >= 0.3 is 0 Å². The van der Waals surface area contributed by atoms with E-state index in [9.17, 15) is 0 Å². The van der Waals surface area contributed by atoms with E-state index in [1.54, 1.807) is 13.1 Å². The molecule has 0 amide bonds. The zero-order chi connectivity index (χ0) is 12.8. The van der Waals surface area contributed by atoms with Crippen LogP contribution in [0.2, 0.25) is 10.0 Å². The maximum Gasteiger partial charge on any atom is 0.147 e. The van der Waals surface area contributed by atoms with E-state index in [0.29, 0.717) is 21.7 Å². The molecule has 6 heteroatoms. The summed E-state index contributed by atoms with van der Waals surface area (Å²) >= 11 is 12.0. The quantitative estimate of drug-likeness (QED) is 0.748. The van der Waals surface area contributed by atoms with E-state index in [0.717, 1.165) is 12.8 Å². The second-order valence-corrected chi connectivity index (χ2v) is 4.62. The third-order valence-electron chi connectivity index (χ3n) is 2.34. The van der Waals surface area contributed by atoms with Gasteiger partial charge in [0.2, 0.25) is 0 Å². The Bertz CT molecular complexity index is 374. The predicted octanol–water partition coefficient (Wildman–Crippen LogP) is 3.00. The number of aromatic nitrogens is 1. The van der Waals surface area contributed by atoms with E-state index in [4.69, 9.17) is 28.3 Å². The second-order valence-electron chi connectivity index (χ2n) is 3.81. The molecule has 0 aliphatic rings. The molecule has 0 saturated heterocycles. The Hall–Kier alpha value is -0.710. The highest BCUT2D eigenvalue weighted by molar-refractivity contribution is 6.37. The number of hydrogen-bond donors (Lipinski definition) is 3. The number of anilines is 2. The topological polar surface area (TPSA) is 57.2 Å². The van der Waals surface area contributed by atoms with Gasteiger partial charge in [0.15, 0.2) is 0 Å². The van der Waals surface area contributed by atoms with E-state index in [1.807, 2.05) is 6.92 Å². The first-order valence-electron chi connectivity index (χ1n) is 5.49. The van der Waals surface area contributed by atoms with Crippen LogP contribution in [0.5, 0.6) is 0 Å². The minimum atomic E-state index is 0.190. The van der Waals surface area contributed by atoms with E-state index in [1.165, 1.54) is 0 Å². The number of nitrogens with one attached hydrogen (secondary N) is 2. The molecule has 1 aromatic heterocycles. The molecule has 1 atom stereocenters. The summed E-state index contributed by atoms with van der Waals surface area (Å²) in [6, 6.07) is 1.85. The number of hydrogen-bond acceptors (Lipinski definition) is 4. The van der Waals surface area contributed by atoms with Crippen LogP contribution in [0.1, 0.15) is 19.8 Å². The molecule has 0 radical (unpaired) electrons. The number of rotatable bonds is 6. The van der Waals surface area contributed by atoms with Crippen LogP contribution >= 0.6 is 23.2 Å². The standard InChI is InChI=1S/C11H17Cl2N3O/c1-7(4-3-5-17)15-11-9(13)6-8(12)10(14-2)16-11/h6-7,17H,3-5H2,1-2H3,(H2,14,15,16). The van der Waals surface area contributed by atoms with Gasteiger partial charge in [-0.05, 0) is 25.8 Å². The van der Waals surface area contributed by atoms with Gasteiger partial charge in [-0.15, -0.1) is 0 Å². The van der Waals surface area contributed by atoms with Crippen molar-refractivity contribution in [1.29, 1.82) is 0 Å². The summed E-state index contributed by atoms with van der Waals surface area (Å²) in [7, 11) is 1.75. The smallest absolute Gasteiger partial charge is 0.147 e. The number of nitrogens with zero attached hydrogens (tertiary/aromatic N) is 1. The number of pyridine rings is 1.